The van der Waals surface area contributed by atoms with Crippen LogP contribution in [-0.2, 0) is 5.75 Å². The van der Waals surface area contributed by atoms with Crippen molar-refractivity contribution >= 4 is 11.8 Å². The van der Waals surface area contributed by atoms with Gasteiger partial charge in [-0.15, -0.1) is 11.8 Å². The van der Waals surface area contributed by atoms with Gasteiger partial charge in [-0.25, -0.2) is 4.98 Å². The average molecular weight is 227 g/mol. The fraction of sp³-hybridized carbons (Fsp3) is 0.0833. The number of aromatic nitrogens is 2. The second kappa shape index (κ2) is 5.29. The van der Waals surface area contributed by atoms with Gasteiger partial charge in [-0.1, -0.05) is 6.07 Å². The average Bonchev–Trinajstić information content (AvgIpc) is 2.38. The minimum atomic E-state index is 0.450. The zero-order valence-corrected chi connectivity index (χ0v) is 9.31. The molecule has 2 heterocycles. The topological polar surface area (TPSA) is 49.6 Å². The maximum absolute atomic E-state index is 8.71. The summed E-state index contributed by atoms with van der Waals surface area (Å²) in [5.74, 6) is 0.801. The van der Waals surface area contributed by atoms with Gasteiger partial charge in [-0.3, -0.25) is 4.98 Å². The highest BCUT2D eigenvalue weighted by atomic mass is 32.2. The van der Waals surface area contributed by atoms with Gasteiger partial charge in [0.2, 0.25) is 0 Å². The fourth-order valence-corrected chi connectivity index (χ4v) is 2.04. The molecule has 0 fully saturated rings. The molecular weight excluding hydrogens is 218 g/mol. The second-order valence-electron chi connectivity index (χ2n) is 3.10. The van der Waals surface area contributed by atoms with Crippen molar-refractivity contribution in [3.05, 3.63) is 54.1 Å². The molecule has 0 aliphatic carbocycles. The summed E-state index contributed by atoms with van der Waals surface area (Å²) in [7, 11) is 0. The van der Waals surface area contributed by atoms with E-state index in [1.807, 2.05) is 30.3 Å². The van der Waals surface area contributed by atoms with Crippen molar-refractivity contribution in [1.82, 2.24) is 9.97 Å². The quantitative estimate of drug-likeness (QED) is 0.756. The number of nitrogens with zero attached hydrogens (tertiary/aromatic N) is 3. The summed E-state index contributed by atoms with van der Waals surface area (Å²) >= 11 is 1.65. The smallest absolute Gasteiger partial charge is 0.141 e. The first kappa shape index (κ1) is 10.7. The highest BCUT2D eigenvalue weighted by molar-refractivity contribution is 7.98. The molecule has 0 atom stereocenters. The Morgan fingerprint density at radius 1 is 1.19 bits per heavy atom. The van der Waals surface area contributed by atoms with Gasteiger partial charge in [0.1, 0.15) is 11.8 Å². The van der Waals surface area contributed by atoms with E-state index in [1.165, 1.54) is 0 Å². The first-order valence-corrected chi connectivity index (χ1v) is 5.76. The molecule has 78 valence electrons. The van der Waals surface area contributed by atoms with Crippen molar-refractivity contribution < 1.29 is 0 Å². The summed E-state index contributed by atoms with van der Waals surface area (Å²) in [6.07, 6.45) is 3.43. The lowest BCUT2D eigenvalue weighted by molar-refractivity contribution is 1.17. The van der Waals surface area contributed by atoms with Crippen molar-refractivity contribution in [3.63, 3.8) is 0 Å². The highest BCUT2D eigenvalue weighted by Crippen LogP contribution is 2.21. The van der Waals surface area contributed by atoms with E-state index in [0.717, 1.165) is 16.3 Å². The zero-order valence-electron chi connectivity index (χ0n) is 8.50. The molecule has 0 aliphatic heterocycles. The van der Waals surface area contributed by atoms with E-state index < -0.39 is 0 Å². The van der Waals surface area contributed by atoms with Crippen LogP contribution in [0.2, 0.25) is 0 Å². The van der Waals surface area contributed by atoms with E-state index in [0.29, 0.717) is 5.69 Å². The SMILES string of the molecule is N#Cc1cc(SCc2ccccn2)ccn1. The van der Waals surface area contributed by atoms with Crippen LogP contribution in [0.15, 0.2) is 47.6 Å². The Bertz CT molecular complexity index is 505. The molecule has 0 aliphatic rings. The first-order chi connectivity index (χ1) is 7.88. The van der Waals surface area contributed by atoms with Gasteiger partial charge in [0.25, 0.3) is 0 Å². The second-order valence-corrected chi connectivity index (χ2v) is 4.15. The zero-order chi connectivity index (χ0) is 11.2. The van der Waals surface area contributed by atoms with Gasteiger partial charge < -0.3 is 0 Å². The maximum Gasteiger partial charge on any atom is 0.141 e. The van der Waals surface area contributed by atoms with Crippen LogP contribution in [0.25, 0.3) is 0 Å². The van der Waals surface area contributed by atoms with Crippen LogP contribution in [0.3, 0.4) is 0 Å². The molecule has 2 rings (SSSR count). The van der Waals surface area contributed by atoms with E-state index in [-0.39, 0.29) is 0 Å². The van der Waals surface area contributed by atoms with Crippen LogP contribution >= 0.6 is 11.8 Å². The summed E-state index contributed by atoms with van der Waals surface area (Å²) in [5, 5.41) is 8.71. The largest absolute Gasteiger partial charge is 0.260 e. The molecule has 4 heteroatoms. The lowest BCUT2D eigenvalue weighted by Crippen LogP contribution is -1.86. The predicted molar refractivity (Wildman–Crippen MR) is 62.8 cm³/mol. The molecule has 0 amide bonds. The molecule has 0 N–H and O–H groups in total. The van der Waals surface area contributed by atoms with Gasteiger partial charge in [0, 0.05) is 23.0 Å². The third-order valence-electron chi connectivity index (χ3n) is 1.96. The predicted octanol–water partition coefficient (Wildman–Crippen LogP) is 2.64. The van der Waals surface area contributed by atoms with E-state index in [2.05, 4.69) is 9.97 Å². The minimum Gasteiger partial charge on any atom is -0.260 e. The summed E-state index contributed by atoms with van der Waals surface area (Å²) in [6.45, 7) is 0. The molecule has 0 saturated heterocycles. The molecule has 2 aromatic heterocycles. The molecular formula is C12H9N3S. The van der Waals surface area contributed by atoms with E-state index in [9.17, 15) is 0 Å². The summed E-state index contributed by atoms with van der Waals surface area (Å²) in [4.78, 5) is 9.20. The van der Waals surface area contributed by atoms with Crippen molar-refractivity contribution in [2.24, 2.45) is 0 Å². The standard InChI is InChI=1S/C12H9N3S/c13-8-11-7-12(4-6-15-11)16-9-10-3-1-2-5-14-10/h1-7H,9H2. The van der Waals surface area contributed by atoms with Crippen LogP contribution in [-0.4, -0.2) is 9.97 Å². The van der Waals surface area contributed by atoms with Crippen LogP contribution in [0.1, 0.15) is 11.4 Å². The van der Waals surface area contributed by atoms with Gasteiger partial charge in [0.05, 0.1) is 5.69 Å². The number of hydrogen-bond donors (Lipinski definition) is 0. The normalized spacial score (nSPS) is 9.69. The lowest BCUT2D eigenvalue weighted by atomic mass is 10.4. The fourth-order valence-electron chi connectivity index (χ4n) is 1.20. The third-order valence-corrected chi connectivity index (χ3v) is 2.99. The Hall–Kier alpha value is -1.86. The monoisotopic (exact) mass is 227 g/mol. The Morgan fingerprint density at radius 3 is 2.88 bits per heavy atom. The van der Waals surface area contributed by atoms with Crippen LogP contribution in [0, 0.1) is 11.3 Å². The lowest BCUT2D eigenvalue weighted by Gasteiger charge is -2.00. The molecule has 16 heavy (non-hydrogen) atoms. The number of rotatable bonds is 3. The van der Waals surface area contributed by atoms with Crippen LogP contribution in [0.4, 0.5) is 0 Å². The maximum atomic E-state index is 8.71. The Morgan fingerprint density at radius 2 is 2.12 bits per heavy atom. The van der Waals surface area contributed by atoms with E-state index in [1.54, 1.807) is 30.2 Å². The highest BCUT2D eigenvalue weighted by Gasteiger charge is 1.98. The number of pyridine rings is 2. The van der Waals surface area contributed by atoms with Gasteiger partial charge in [0.15, 0.2) is 0 Å². The van der Waals surface area contributed by atoms with Gasteiger partial charge >= 0.3 is 0 Å². The molecule has 0 spiro atoms. The Balaban J connectivity index is 2.03. The van der Waals surface area contributed by atoms with Crippen molar-refractivity contribution in [3.8, 4) is 6.07 Å². The van der Waals surface area contributed by atoms with Crippen molar-refractivity contribution in [2.45, 2.75) is 10.6 Å². The molecule has 3 nitrogen and oxygen atoms in total. The van der Waals surface area contributed by atoms with Gasteiger partial charge in [-0.2, -0.15) is 5.26 Å². The molecule has 0 aromatic carbocycles. The van der Waals surface area contributed by atoms with Gasteiger partial charge in [-0.05, 0) is 24.3 Å². The first-order valence-electron chi connectivity index (χ1n) is 4.77. The number of nitriles is 1. The Labute approximate surface area is 98.2 Å². The molecule has 0 unspecified atom stereocenters. The van der Waals surface area contributed by atoms with Crippen LogP contribution in [0.5, 0.6) is 0 Å². The summed E-state index contributed by atoms with van der Waals surface area (Å²) < 4.78 is 0. The van der Waals surface area contributed by atoms with E-state index in [4.69, 9.17) is 5.26 Å². The van der Waals surface area contributed by atoms with Crippen LogP contribution < -0.4 is 0 Å². The van der Waals surface area contributed by atoms with E-state index >= 15 is 0 Å². The van der Waals surface area contributed by atoms with Crippen molar-refractivity contribution in [2.75, 3.05) is 0 Å². The molecule has 0 bridgehead atoms. The third kappa shape index (κ3) is 2.81. The summed E-state index contributed by atoms with van der Waals surface area (Å²) in [6, 6.07) is 11.6. The summed E-state index contributed by atoms with van der Waals surface area (Å²) in [5.41, 5.74) is 1.48. The number of thioether (sulfide) groups is 1. The Kier molecular flexibility index (Phi) is 3.52. The molecule has 0 saturated carbocycles. The molecule has 0 radical (unpaired) electrons. The number of hydrogen-bond acceptors (Lipinski definition) is 4. The molecule has 2 aromatic rings. The minimum absolute atomic E-state index is 0.450. The van der Waals surface area contributed by atoms with Crippen molar-refractivity contribution in [1.29, 1.82) is 5.26 Å².